The summed E-state index contributed by atoms with van der Waals surface area (Å²) >= 11 is 0. The Morgan fingerprint density at radius 2 is 2.05 bits per heavy atom. The van der Waals surface area contributed by atoms with E-state index in [0.717, 1.165) is 25.7 Å². The van der Waals surface area contributed by atoms with Crippen LogP contribution in [0.3, 0.4) is 0 Å². The van der Waals surface area contributed by atoms with Crippen LogP contribution in [0, 0.1) is 10.8 Å². The lowest BCUT2D eigenvalue weighted by Gasteiger charge is -2.43. The molecule has 3 atom stereocenters. The van der Waals surface area contributed by atoms with Crippen molar-refractivity contribution in [2.75, 3.05) is 13.1 Å². The molecule has 1 amide bonds. The Bertz CT molecular complexity index is 412. The summed E-state index contributed by atoms with van der Waals surface area (Å²) in [6.45, 7) is 4.83. The van der Waals surface area contributed by atoms with Crippen molar-refractivity contribution in [1.29, 1.82) is 0 Å². The fourth-order valence-electron chi connectivity index (χ4n) is 3.74. The molecule has 1 heterocycles. The quantitative estimate of drug-likeness (QED) is 0.823. The lowest BCUT2D eigenvalue weighted by molar-refractivity contribution is -0.158. The molecule has 0 aromatic heterocycles. The van der Waals surface area contributed by atoms with E-state index < -0.39 is 16.8 Å². The number of carbonyl (C=O) groups is 2. The minimum atomic E-state index is -0.779. The fraction of sp³-hybridized carbons (Fsp3) is 0.867. The zero-order valence-corrected chi connectivity index (χ0v) is 12.5. The Morgan fingerprint density at radius 3 is 2.55 bits per heavy atom. The number of carboxylic acids is 1. The number of rotatable bonds is 3. The minimum absolute atomic E-state index is 0.0567. The molecule has 2 rings (SSSR count). The molecule has 0 spiro atoms. The predicted octanol–water partition coefficient (Wildman–Crippen LogP) is 1.61. The molecule has 5 heteroatoms. The third kappa shape index (κ3) is 2.32. The van der Waals surface area contributed by atoms with Gasteiger partial charge >= 0.3 is 5.97 Å². The van der Waals surface area contributed by atoms with Crippen LogP contribution < -0.4 is 5.73 Å². The maximum Gasteiger partial charge on any atom is 0.311 e. The smallest absolute Gasteiger partial charge is 0.311 e. The Kier molecular flexibility index (Phi) is 4.09. The number of likely N-dealkylation sites (tertiary alicyclic amines) is 1. The second kappa shape index (κ2) is 5.35. The zero-order chi connectivity index (χ0) is 15.0. The lowest BCUT2D eigenvalue weighted by atomic mass is 9.76. The second-order valence-corrected chi connectivity index (χ2v) is 6.69. The van der Waals surface area contributed by atoms with Crippen molar-refractivity contribution >= 4 is 11.9 Å². The van der Waals surface area contributed by atoms with Crippen LogP contribution in [-0.4, -0.2) is 41.0 Å². The molecule has 20 heavy (non-hydrogen) atoms. The third-order valence-electron chi connectivity index (χ3n) is 5.51. The molecule has 0 bridgehead atoms. The predicted molar refractivity (Wildman–Crippen MR) is 76.1 cm³/mol. The SMILES string of the molecule is CCC1(C(=O)O)CCCN(C(=O)C2(C)CCCC2N)C1. The van der Waals surface area contributed by atoms with Crippen molar-refractivity contribution in [2.45, 2.75) is 58.4 Å². The number of aliphatic carboxylic acids is 1. The summed E-state index contributed by atoms with van der Waals surface area (Å²) in [5.41, 5.74) is 4.84. The van der Waals surface area contributed by atoms with Gasteiger partial charge in [0, 0.05) is 19.1 Å². The molecule has 3 unspecified atom stereocenters. The number of carboxylic acid groups (broad SMARTS) is 1. The van der Waals surface area contributed by atoms with E-state index >= 15 is 0 Å². The summed E-state index contributed by atoms with van der Waals surface area (Å²) in [5.74, 6) is -0.723. The van der Waals surface area contributed by atoms with E-state index in [9.17, 15) is 14.7 Å². The van der Waals surface area contributed by atoms with Crippen LogP contribution in [0.4, 0.5) is 0 Å². The van der Waals surface area contributed by atoms with Crippen LogP contribution in [0.15, 0.2) is 0 Å². The van der Waals surface area contributed by atoms with E-state index in [2.05, 4.69) is 0 Å². The molecule has 5 nitrogen and oxygen atoms in total. The van der Waals surface area contributed by atoms with Gasteiger partial charge in [0.05, 0.1) is 10.8 Å². The molecule has 114 valence electrons. The average Bonchev–Trinajstić information content (AvgIpc) is 2.78. The molecule has 0 aromatic carbocycles. The van der Waals surface area contributed by atoms with E-state index in [1.807, 2.05) is 13.8 Å². The summed E-state index contributed by atoms with van der Waals surface area (Å²) in [6.07, 6.45) is 4.66. The van der Waals surface area contributed by atoms with Crippen molar-refractivity contribution in [3.63, 3.8) is 0 Å². The first-order valence-electron chi connectivity index (χ1n) is 7.64. The zero-order valence-electron chi connectivity index (χ0n) is 12.5. The Morgan fingerprint density at radius 1 is 1.35 bits per heavy atom. The molecule has 1 saturated carbocycles. The normalized spacial score (nSPS) is 38.0. The molecule has 0 aromatic rings. The van der Waals surface area contributed by atoms with Gasteiger partial charge in [0.25, 0.3) is 0 Å². The highest BCUT2D eigenvalue weighted by molar-refractivity contribution is 5.85. The van der Waals surface area contributed by atoms with Gasteiger partial charge in [-0.3, -0.25) is 9.59 Å². The number of amides is 1. The number of carbonyl (C=O) groups excluding carboxylic acids is 1. The third-order valence-corrected chi connectivity index (χ3v) is 5.51. The largest absolute Gasteiger partial charge is 0.481 e. The van der Waals surface area contributed by atoms with E-state index in [1.165, 1.54) is 0 Å². The van der Waals surface area contributed by atoms with Gasteiger partial charge in [0.15, 0.2) is 0 Å². The van der Waals surface area contributed by atoms with Crippen LogP contribution >= 0.6 is 0 Å². The van der Waals surface area contributed by atoms with Gasteiger partial charge in [-0.25, -0.2) is 0 Å². The minimum Gasteiger partial charge on any atom is -0.481 e. The van der Waals surface area contributed by atoms with Gasteiger partial charge in [0.2, 0.25) is 5.91 Å². The molecule has 3 N–H and O–H groups in total. The molecular weight excluding hydrogens is 256 g/mol. The number of piperidine rings is 1. The maximum absolute atomic E-state index is 12.8. The average molecular weight is 282 g/mol. The van der Waals surface area contributed by atoms with E-state index in [4.69, 9.17) is 5.73 Å². The van der Waals surface area contributed by atoms with Crippen LogP contribution in [0.1, 0.15) is 52.4 Å². The molecule has 1 saturated heterocycles. The first kappa shape index (κ1) is 15.3. The van der Waals surface area contributed by atoms with Gasteiger partial charge < -0.3 is 15.7 Å². The van der Waals surface area contributed by atoms with Gasteiger partial charge in [-0.05, 0) is 39.0 Å². The molecule has 0 radical (unpaired) electrons. The molecular formula is C15H26N2O3. The topological polar surface area (TPSA) is 83.6 Å². The first-order chi connectivity index (χ1) is 9.35. The lowest BCUT2D eigenvalue weighted by Crippen LogP contribution is -2.55. The summed E-state index contributed by atoms with van der Waals surface area (Å²) in [4.78, 5) is 26.1. The molecule has 1 aliphatic carbocycles. The van der Waals surface area contributed by atoms with Gasteiger partial charge in [0.1, 0.15) is 0 Å². The number of nitrogens with two attached hydrogens (primary N) is 1. The van der Waals surface area contributed by atoms with Crippen molar-refractivity contribution < 1.29 is 14.7 Å². The standard InChI is InChI=1S/C15H26N2O3/c1-3-15(13(19)20)8-5-9-17(10-15)12(18)14(2)7-4-6-11(14)16/h11H,3-10,16H2,1-2H3,(H,19,20). The van der Waals surface area contributed by atoms with E-state index in [1.54, 1.807) is 4.90 Å². The summed E-state index contributed by atoms with van der Waals surface area (Å²) in [6, 6.07) is -0.0993. The summed E-state index contributed by atoms with van der Waals surface area (Å²) < 4.78 is 0. The van der Waals surface area contributed by atoms with Crippen molar-refractivity contribution in [2.24, 2.45) is 16.6 Å². The Labute approximate surface area is 120 Å². The number of hydrogen-bond acceptors (Lipinski definition) is 3. The highest BCUT2D eigenvalue weighted by atomic mass is 16.4. The number of nitrogens with zero attached hydrogens (tertiary/aromatic N) is 1. The van der Waals surface area contributed by atoms with Crippen molar-refractivity contribution in [1.82, 2.24) is 4.90 Å². The van der Waals surface area contributed by atoms with Gasteiger partial charge in [-0.1, -0.05) is 13.3 Å². The number of hydrogen-bond donors (Lipinski definition) is 2. The van der Waals surface area contributed by atoms with E-state index in [-0.39, 0.29) is 11.9 Å². The second-order valence-electron chi connectivity index (χ2n) is 6.69. The monoisotopic (exact) mass is 282 g/mol. The van der Waals surface area contributed by atoms with Gasteiger partial charge in [-0.15, -0.1) is 0 Å². The fourth-order valence-corrected chi connectivity index (χ4v) is 3.74. The van der Waals surface area contributed by atoms with E-state index in [0.29, 0.717) is 25.9 Å². The van der Waals surface area contributed by atoms with Crippen molar-refractivity contribution in [3.8, 4) is 0 Å². The summed E-state index contributed by atoms with van der Waals surface area (Å²) in [5, 5.41) is 9.51. The first-order valence-corrected chi connectivity index (χ1v) is 7.64. The maximum atomic E-state index is 12.8. The van der Waals surface area contributed by atoms with Crippen LogP contribution in [0.2, 0.25) is 0 Å². The highest BCUT2D eigenvalue weighted by Crippen LogP contribution is 2.41. The van der Waals surface area contributed by atoms with Gasteiger partial charge in [-0.2, -0.15) is 0 Å². The molecule has 2 fully saturated rings. The Balaban J connectivity index is 2.17. The molecule has 1 aliphatic heterocycles. The van der Waals surface area contributed by atoms with Crippen LogP contribution in [0.25, 0.3) is 0 Å². The van der Waals surface area contributed by atoms with Crippen LogP contribution in [-0.2, 0) is 9.59 Å². The van der Waals surface area contributed by atoms with Crippen LogP contribution in [0.5, 0.6) is 0 Å². The summed E-state index contributed by atoms with van der Waals surface area (Å²) in [7, 11) is 0. The Hall–Kier alpha value is -1.10. The van der Waals surface area contributed by atoms with Crippen molar-refractivity contribution in [3.05, 3.63) is 0 Å². The molecule has 2 aliphatic rings. The highest BCUT2D eigenvalue weighted by Gasteiger charge is 2.49.